The van der Waals surface area contributed by atoms with Crippen molar-refractivity contribution < 1.29 is 43.8 Å². The topological polar surface area (TPSA) is 190 Å². The molecule has 0 aliphatic carbocycles. The summed E-state index contributed by atoms with van der Waals surface area (Å²) in [6, 6.07) is 5.53. The summed E-state index contributed by atoms with van der Waals surface area (Å²) < 4.78 is 16.4. The zero-order valence-corrected chi connectivity index (χ0v) is 20.9. The molecule has 1 aromatic rings. The van der Waals surface area contributed by atoms with Crippen molar-refractivity contribution in [3.63, 3.8) is 0 Å². The van der Waals surface area contributed by atoms with Gasteiger partial charge in [0.1, 0.15) is 18.1 Å². The van der Waals surface area contributed by atoms with Crippen LogP contribution in [0.25, 0.3) is 0 Å². The zero-order valence-electron chi connectivity index (χ0n) is 20.9. The number of nitro groups is 1. The summed E-state index contributed by atoms with van der Waals surface area (Å²) in [6.07, 6.45) is -3.20. The van der Waals surface area contributed by atoms with Gasteiger partial charge in [0.05, 0.1) is 24.7 Å². The van der Waals surface area contributed by atoms with Gasteiger partial charge in [0.2, 0.25) is 0 Å². The van der Waals surface area contributed by atoms with Crippen LogP contribution in [-0.2, 0) is 28.6 Å². The van der Waals surface area contributed by atoms with Crippen LogP contribution < -0.4 is 0 Å². The number of nitrogens with zero attached hydrogens (tertiary/aromatic N) is 3. The first kappa shape index (κ1) is 27.3. The van der Waals surface area contributed by atoms with E-state index < -0.39 is 64.1 Å². The summed E-state index contributed by atoms with van der Waals surface area (Å²) in [7, 11) is 0. The van der Waals surface area contributed by atoms with Gasteiger partial charge in [-0.1, -0.05) is 19.1 Å². The smallest absolute Gasteiger partial charge is 0.315 e. The van der Waals surface area contributed by atoms with E-state index in [-0.39, 0.29) is 35.7 Å². The monoisotopic (exact) mass is 533 g/mol. The highest BCUT2D eigenvalue weighted by Crippen LogP contribution is 2.45. The first-order valence-electron chi connectivity index (χ1n) is 12.0. The molecule has 38 heavy (non-hydrogen) atoms. The van der Waals surface area contributed by atoms with E-state index in [2.05, 4.69) is 9.83 Å². The van der Waals surface area contributed by atoms with Crippen LogP contribution in [-0.4, -0.2) is 76.3 Å². The molecule has 2 unspecified atom stereocenters. The van der Waals surface area contributed by atoms with Crippen LogP contribution in [0, 0.1) is 26.1 Å². The third kappa shape index (κ3) is 4.66. The number of ether oxygens (including phenoxy) is 3. The highest BCUT2D eigenvalue weighted by molar-refractivity contribution is 6.11. The van der Waals surface area contributed by atoms with Crippen LogP contribution in [0.15, 0.2) is 40.5 Å². The zero-order chi connectivity index (χ0) is 27.8. The molecule has 0 saturated carbocycles. The van der Waals surface area contributed by atoms with E-state index in [9.17, 15) is 34.9 Å². The normalized spacial score (nSPS) is 30.4. The molecular weight excluding hydrogens is 506 g/mol. The third-order valence-corrected chi connectivity index (χ3v) is 6.98. The molecule has 3 heterocycles. The SMILES string of the molecule is CCOC(=O)C1C(CC)=NC(C)=C(C(=O)[C@]2(O)CO[C@@H]3[C@H](O[N+](=O)[O-])CO[C@@H]32)C1c1cccc([N+](=O)[O-])c1. The second kappa shape index (κ2) is 10.6. The maximum Gasteiger partial charge on any atom is 0.315 e. The molecule has 2 saturated heterocycles. The first-order chi connectivity index (χ1) is 18.0. The van der Waals surface area contributed by atoms with E-state index in [4.69, 9.17) is 14.2 Å². The van der Waals surface area contributed by atoms with E-state index >= 15 is 0 Å². The number of benzene rings is 1. The van der Waals surface area contributed by atoms with Crippen LogP contribution in [0.3, 0.4) is 0 Å². The number of carbonyl (C=O) groups is 2. The van der Waals surface area contributed by atoms with Crippen LogP contribution in [0.4, 0.5) is 5.69 Å². The minimum Gasteiger partial charge on any atom is -0.465 e. The molecule has 6 atom stereocenters. The Balaban J connectivity index is 1.82. The number of non-ortho nitro benzene ring substituents is 1. The van der Waals surface area contributed by atoms with Crippen molar-refractivity contribution >= 4 is 23.2 Å². The lowest BCUT2D eigenvalue weighted by molar-refractivity contribution is -0.769. The quantitative estimate of drug-likeness (QED) is 0.276. The van der Waals surface area contributed by atoms with Crippen LogP contribution in [0.5, 0.6) is 0 Å². The molecule has 1 aromatic carbocycles. The molecule has 14 nitrogen and oxygen atoms in total. The largest absolute Gasteiger partial charge is 0.465 e. The van der Waals surface area contributed by atoms with E-state index in [1.807, 2.05) is 0 Å². The Bertz CT molecular complexity index is 1230. The van der Waals surface area contributed by atoms with Crippen molar-refractivity contribution in [2.45, 2.75) is 57.0 Å². The number of carbonyl (C=O) groups excluding carboxylic acids is 2. The Kier molecular flexibility index (Phi) is 7.58. The Morgan fingerprint density at radius 2 is 1.97 bits per heavy atom. The van der Waals surface area contributed by atoms with Crippen molar-refractivity contribution in [2.24, 2.45) is 10.9 Å². The summed E-state index contributed by atoms with van der Waals surface area (Å²) in [6.45, 7) is 4.15. The average Bonchev–Trinajstić information content (AvgIpc) is 3.44. The summed E-state index contributed by atoms with van der Waals surface area (Å²) in [4.78, 5) is 58.2. The molecule has 2 fully saturated rings. The van der Waals surface area contributed by atoms with Gasteiger partial charge >= 0.3 is 5.97 Å². The Labute approximate surface area is 216 Å². The lowest BCUT2D eigenvalue weighted by Gasteiger charge is -2.36. The number of nitro benzene ring substituents is 1. The van der Waals surface area contributed by atoms with Gasteiger partial charge in [-0.2, -0.15) is 0 Å². The molecule has 3 aliphatic rings. The van der Waals surface area contributed by atoms with Crippen molar-refractivity contribution in [1.29, 1.82) is 0 Å². The Morgan fingerprint density at radius 3 is 2.61 bits per heavy atom. The molecule has 14 heteroatoms. The van der Waals surface area contributed by atoms with Crippen molar-refractivity contribution in [2.75, 3.05) is 19.8 Å². The van der Waals surface area contributed by atoms with Gasteiger partial charge in [-0.05, 0) is 25.8 Å². The predicted molar refractivity (Wildman–Crippen MR) is 128 cm³/mol. The number of hydrogen-bond donors (Lipinski definition) is 1. The number of hydrogen-bond acceptors (Lipinski definition) is 12. The first-order valence-corrected chi connectivity index (χ1v) is 12.0. The number of aliphatic hydroxyl groups is 1. The predicted octanol–water partition coefficient (Wildman–Crippen LogP) is 1.67. The fourth-order valence-corrected chi connectivity index (χ4v) is 5.35. The van der Waals surface area contributed by atoms with Gasteiger partial charge in [-0.15, -0.1) is 10.1 Å². The summed E-state index contributed by atoms with van der Waals surface area (Å²) in [5, 5.41) is 32.9. The number of fused-ring (bicyclic) bond motifs is 1. The Hall–Kier alpha value is -3.75. The molecular formula is C24H27N3O11. The average molecular weight is 533 g/mol. The third-order valence-electron chi connectivity index (χ3n) is 6.98. The maximum absolute atomic E-state index is 14.1. The van der Waals surface area contributed by atoms with Crippen molar-refractivity contribution in [1.82, 2.24) is 0 Å². The van der Waals surface area contributed by atoms with E-state index in [1.165, 1.54) is 18.2 Å². The fourth-order valence-electron chi connectivity index (χ4n) is 5.35. The number of esters is 1. The fraction of sp³-hybridized carbons (Fsp3) is 0.542. The minimum absolute atomic E-state index is 0.0488. The molecule has 0 spiro atoms. The molecule has 0 radical (unpaired) electrons. The van der Waals surface area contributed by atoms with E-state index in [1.54, 1.807) is 26.8 Å². The van der Waals surface area contributed by atoms with E-state index in [0.29, 0.717) is 12.1 Å². The second-order valence-electron chi connectivity index (χ2n) is 9.17. The number of ketones is 1. The van der Waals surface area contributed by atoms with Crippen LogP contribution in [0.1, 0.15) is 38.7 Å². The lowest BCUT2D eigenvalue weighted by Crippen LogP contribution is -2.53. The van der Waals surface area contributed by atoms with Crippen LogP contribution in [0.2, 0.25) is 0 Å². The van der Waals surface area contributed by atoms with Gasteiger partial charge in [-0.3, -0.25) is 24.7 Å². The minimum atomic E-state index is -2.28. The van der Waals surface area contributed by atoms with Gasteiger partial charge in [0.15, 0.2) is 17.5 Å². The summed E-state index contributed by atoms with van der Waals surface area (Å²) >= 11 is 0. The lowest BCUT2D eigenvalue weighted by atomic mass is 9.70. The standard InChI is InChI=1S/C24H27N3O11/c1-4-15-19(23(29)35-5-2)18(13-7-6-8-14(9-13)26(31)32)17(12(3)25-15)21(28)24(30)11-37-20-16(38-27(33)34)10-36-22(20)24/h6-9,16,18-20,22,30H,4-5,10-11H2,1-3H3/t16-,18?,19?,20-,22+,24-/m1/s1. The van der Waals surface area contributed by atoms with Gasteiger partial charge in [-0.25, -0.2) is 0 Å². The highest BCUT2D eigenvalue weighted by atomic mass is 17.0. The molecule has 0 amide bonds. The molecule has 204 valence electrons. The molecule has 4 rings (SSSR count). The number of aliphatic imine (C=N–C) groups is 1. The molecule has 0 bridgehead atoms. The second-order valence-corrected chi connectivity index (χ2v) is 9.17. The highest BCUT2D eigenvalue weighted by Gasteiger charge is 2.62. The molecule has 0 aromatic heterocycles. The van der Waals surface area contributed by atoms with Gasteiger partial charge in [0.25, 0.3) is 10.8 Å². The number of Topliss-reactive ketones (excluding diaryl/α,β-unsaturated/α-hetero) is 1. The van der Waals surface area contributed by atoms with Crippen LogP contribution >= 0.6 is 0 Å². The maximum atomic E-state index is 14.1. The van der Waals surface area contributed by atoms with Gasteiger partial charge < -0.3 is 24.2 Å². The Morgan fingerprint density at radius 1 is 1.24 bits per heavy atom. The number of rotatable bonds is 9. The van der Waals surface area contributed by atoms with Gasteiger partial charge in [0, 0.05) is 35.0 Å². The molecule has 1 N–H and O–H groups in total. The summed E-state index contributed by atoms with van der Waals surface area (Å²) in [5.41, 5.74) is -1.70. The molecule has 3 aliphatic heterocycles. The number of allylic oxidation sites excluding steroid dienone is 1. The summed E-state index contributed by atoms with van der Waals surface area (Å²) in [5.74, 6) is -3.72. The van der Waals surface area contributed by atoms with Crippen molar-refractivity contribution in [3.8, 4) is 0 Å². The van der Waals surface area contributed by atoms with Crippen molar-refractivity contribution in [3.05, 3.63) is 61.3 Å². The van der Waals surface area contributed by atoms with E-state index in [0.717, 1.165) is 0 Å².